The topological polar surface area (TPSA) is 118 Å². The summed E-state index contributed by atoms with van der Waals surface area (Å²) in [5.74, 6) is 3.83. The Hall–Kier alpha value is -7.65. The van der Waals surface area contributed by atoms with Gasteiger partial charge in [-0.05, 0) is 78.6 Å². The van der Waals surface area contributed by atoms with E-state index in [2.05, 4.69) is 99.0 Å². The van der Waals surface area contributed by atoms with Crippen LogP contribution in [0.25, 0.3) is 100 Å². The number of nitrogens with zero attached hydrogens (tertiary/aromatic N) is 3. The van der Waals surface area contributed by atoms with E-state index in [-0.39, 0.29) is 0 Å². The van der Waals surface area contributed by atoms with Crippen LogP contribution >= 0.6 is 0 Å². The van der Waals surface area contributed by atoms with Crippen LogP contribution in [0, 0.1) is 0 Å². The van der Waals surface area contributed by atoms with Crippen molar-refractivity contribution < 1.29 is 26.5 Å². The summed E-state index contributed by atoms with van der Waals surface area (Å²) in [6, 6.07) is 40.6. The van der Waals surface area contributed by atoms with Crippen LogP contribution in [-0.2, 0) is 0 Å². The van der Waals surface area contributed by atoms with Crippen molar-refractivity contribution >= 4 is 65.8 Å². The van der Waals surface area contributed by atoms with Gasteiger partial charge in [-0.2, -0.15) is 0 Å². The smallest absolute Gasteiger partial charge is 0.226 e. The summed E-state index contributed by atoms with van der Waals surface area (Å²) in [5.41, 5.74) is 10.4. The largest absolute Gasteiger partial charge is 0.456 e. The second kappa shape index (κ2) is 16.3. The molecule has 0 saturated heterocycles. The standard InChI is InChI=1S/3C18H15NO2/c1-11(2)15-10-20-18(19-15)12-7-8-14-13-5-3-4-6-16(13)21-17(14)9-12;1-11(2)17-10-19-18(21-17)12-7-8-14-13-5-3-4-6-15(13)20-16(14)9-12;1-11(2)16-14(18-19-9-10-20-18)8-7-13-12-5-3-4-6-15(12)21-17(13)16/h3*3-11H,1-2H3. The molecule has 12 aromatic rings. The molecule has 6 heterocycles. The maximum Gasteiger partial charge on any atom is 0.226 e. The number of oxazole rings is 3. The molecule has 0 fully saturated rings. The zero-order valence-corrected chi connectivity index (χ0v) is 35.9. The molecule has 6 aromatic heterocycles. The van der Waals surface area contributed by atoms with Gasteiger partial charge in [-0.3, -0.25) is 0 Å². The van der Waals surface area contributed by atoms with Gasteiger partial charge >= 0.3 is 0 Å². The Morgan fingerprint density at radius 3 is 1.54 bits per heavy atom. The molecule has 0 aliphatic rings. The summed E-state index contributed by atoms with van der Waals surface area (Å²) in [6.07, 6.45) is 6.79. The molecule has 0 amide bonds. The molecule has 0 unspecified atom stereocenters. The van der Waals surface area contributed by atoms with Gasteiger partial charge in [0.1, 0.15) is 51.8 Å². The lowest BCUT2D eigenvalue weighted by molar-refractivity contribution is 0.495. The molecule has 63 heavy (non-hydrogen) atoms. The summed E-state index contributed by atoms with van der Waals surface area (Å²) < 4.78 is 34.8. The summed E-state index contributed by atoms with van der Waals surface area (Å²) >= 11 is 0. The first-order valence-electron chi connectivity index (χ1n) is 21.3. The zero-order valence-electron chi connectivity index (χ0n) is 35.9. The highest BCUT2D eigenvalue weighted by Gasteiger charge is 2.20. The average Bonchev–Trinajstić information content (AvgIpc) is 4.16. The fourth-order valence-corrected chi connectivity index (χ4v) is 8.01. The Kier molecular flexibility index (Phi) is 10.2. The highest BCUT2D eigenvalue weighted by molar-refractivity contribution is 6.08. The number of benzene rings is 6. The van der Waals surface area contributed by atoms with Crippen molar-refractivity contribution in [2.75, 3.05) is 0 Å². The van der Waals surface area contributed by atoms with Crippen LogP contribution in [0.15, 0.2) is 173 Å². The van der Waals surface area contributed by atoms with Crippen LogP contribution in [0.4, 0.5) is 0 Å². The lowest BCUT2D eigenvalue weighted by Crippen LogP contribution is -1.93. The fraction of sp³-hybridized carbons (Fsp3) is 0.167. The fourth-order valence-electron chi connectivity index (χ4n) is 8.01. The Labute approximate surface area is 363 Å². The third-order valence-electron chi connectivity index (χ3n) is 11.3. The van der Waals surface area contributed by atoms with E-state index >= 15 is 0 Å². The van der Waals surface area contributed by atoms with E-state index in [9.17, 15) is 0 Å². The number of hydrogen-bond acceptors (Lipinski definition) is 9. The molecule has 0 atom stereocenters. The van der Waals surface area contributed by atoms with E-state index in [4.69, 9.17) is 26.5 Å². The Morgan fingerprint density at radius 1 is 0.444 bits per heavy atom. The minimum Gasteiger partial charge on any atom is -0.456 e. The number of fused-ring (bicyclic) bond motifs is 9. The first-order valence-corrected chi connectivity index (χ1v) is 21.3. The molecule has 0 saturated carbocycles. The summed E-state index contributed by atoms with van der Waals surface area (Å²) in [6.45, 7) is 12.7. The maximum absolute atomic E-state index is 6.11. The van der Waals surface area contributed by atoms with E-state index in [1.807, 2.05) is 78.9 Å². The molecule has 0 aliphatic carbocycles. The third kappa shape index (κ3) is 7.45. The molecule has 0 radical (unpaired) electrons. The monoisotopic (exact) mass is 831 g/mol. The highest BCUT2D eigenvalue weighted by Crippen LogP contribution is 2.40. The van der Waals surface area contributed by atoms with E-state index in [0.717, 1.165) is 99.5 Å². The predicted molar refractivity (Wildman–Crippen MR) is 250 cm³/mol. The second-order valence-corrected chi connectivity index (χ2v) is 16.6. The number of hydrogen-bond donors (Lipinski definition) is 0. The second-order valence-electron chi connectivity index (χ2n) is 16.6. The molecule has 12 rings (SSSR count). The van der Waals surface area contributed by atoms with E-state index in [1.165, 1.54) is 0 Å². The van der Waals surface area contributed by atoms with Crippen molar-refractivity contribution in [1.82, 2.24) is 15.0 Å². The Morgan fingerprint density at radius 2 is 1.00 bits per heavy atom. The van der Waals surface area contributed by atoms with E-state index in [0.29, 0.717) is 35.4 Å². The lowest BCUT2D eigenvalue weighted by Gasteiger charge is -2.10. The van der Waals surface area contributed by atoms with Gasteiger partial charge < -0.3 is 26.5 Å². The van der Waals surface area contributed by atoms with Gasteiger partial charge in [0.25, 0.3) is 0 Å². The summed E-state index contributed by atoms with van der Waals surface area (Å²) in [5, 5.41) is 6.79. The van der Waals surface area contributed by atoms with Crippen molar-refractivity contribution in [1.29, 1.82) is 0 Å². The van der Waals surface area contributed by atoms with Crippen molar-refractivity contribution in [3.05, 3.63) is 163 Å². The molecule has 0 spiro atoms. The maximum atomic E-state index is 6.11. The molecular weight excluding hydrogens is 787 g/mol. The SMILES string of the molecule is CC(C)c1c(-c2ncco2)ccc2c1oc1ccccc12.CC(C)c1cnc(-c2ccc3c(c2)oc2ccccc23)o1.CC(C)c1coc(-c2ccc3c(c2)oc2ccccc23)n1. The van der Waals surface area contributed by atoms with Crippen LogP contribution in [0.5, 0.6) is 0 Å². The molecule has 6 aromatic carbocycles. The first kappa shape index (κ1) is 39.5. The number of para-hydroxylation sites is 3. The first-order chi connectivity index (χ1) is 30.7. The molecule has 0 aliphatic heterocycles. The summed E-state index contributed by atoms with van der Waals surface area (Å²) in [4.78, 5) is 13.2. The average molecular weight is 832 g/mol. The van der Waals surface area contributed by atoms with E-state index < -0.39 is 0 Å². The highest BCUT2D eigenvalue weighted by atomic mass is 16.4. The van der Waals surface area contributed by atoms with Crippen molar-refractivity contribution in [2.45, 2.75) is 59.3 Å². The van der Waals surface area contributed by atoms with Gasteiger partial charge in [0, 0.05) is 60.5 Å². The third-order valence-corrected chi connectivity index (χ3v) is 11.3. The van der Waals surface area contributed by atoms with Crippen LogP contribution in [0.1, 0.15) is 76.3 Å². The quantitative estimate of drug-likeness (QED) is 0.161. The van der Waals surface area contributed by atoms with Gasteiger partial charge in [-0.25, -0.2) is 15.0 Å². The van der Waals surface area contributed by atoms with Crippen molar-refractivity contribution in [3.63, 3.8) is 0 Å². The summed E-state index contributed by atoms with van der Waals surface area (Å²) in [7, 11) is 0. The molecule has 9 nitrogen and oxygen atoms in total. The number of rotatable bonds is 6. The van der Waals surface area contributed by atoms with Gasteiger partial charge in [-0.15, -0.1) is 0 Å². The van der Waals surface area contributed by atoms with Crippen molar-refractivity contribution in [3.8, 4) is 34.4 Å². The zero-order chi connectivity index (χ0) is 43.2. The van der Waals surface area contributed by atoms with Gasteiger partial charge in [0.05, 0.1) is 18.1 Å². The number of aromatic nitrogens is 3. The van der Waals surface area contributed by atoms with Crippen LogP contribution in [-0.4, -0.2) is 15.0 Å². The van der Waals surface area contributed by atoms with Gasteiger partial charge in [0.2, 0.25) is 17.7 Å². The minimum atomic E-state index is 0.316. The van der Waals surface area contributed by atoms with Crippen LogP contribution < -0.4 is 0 Å². The normalized spacial score (nSPS) is 11.8. The molecular formula is C54H45N3O6. The van der Waals surface area contributed by atoms with E-state index in [1.54, 1.807) is 24.9 Å². The van der Waals surface area contributed by atoms with Gasteiger partial charge in [-0.1, -0.05) is 96.1 Å². The van der Waals surface area contributed by atoms with Crippen molar-refractivity contribution in [2.24, 2.45) is 0 Å². The lowest BCUT2D eigenvalue weighted by atomic mass is 9.94. The predicted octanol–water partition coefficient (Wildman–Crippen LogP) is 16.1. The Balaban J connectivity index is 0.000000112. The van der Waals surface area contributed by atoms with Gasteiger partial charge in [0.15, 0.2) is 0 Å². The van der Waals surface area contributed by atoms with Crippen LogP contribution in [0.2, 0.25) is 0 Å². The minimum absolute atomic E-state index is 0.316. The number of furan rings is 3. The Bertz CT molecular complexity index is 3360. The van der Waals surface area contributed by atoms with Crippen LogP contribution in [0.3, 0.4) is 0 Å². The molecule has 0 N–H and O–H groups in total. The molecule has 0 bridgehead atoms. The molecule has 9 heteroatoms. The molecule has 312 valence electrons.